The number of carbonyl (C=O) groups excluding carboxylic acids is 1. The Morgan fingerprint density at radius 1 is 1.07 bits per heavy atom. The number of sulfonamides is 1. The van der Waals surface area contributed by atoms with Crippen molar-refractivity contribution in [1.82, 2.24) is 0 Å². The van der Waals surface area contributed by atoms with Crippen molar-refractivity contribution >= 4 is 49.3 Å². The monoisotopic (exact) mass is 401 g/mol. The van der Waals surface area contributed by atoms with Crippen molar-refractivity contribution in [2.75, 3.05) is 4.72 Å². The first-order chi connectivity index (χ1) is 12.8. The van der Waals surface area contributed by atoms with Crippen molar-refractivity contribution in [3.05, 3.63) is 59.7 Å². The van der Waals surface area contributed by atoms with Crippen LogP contribution in [0, 0.1) is 0 Å². The van der Waals surface area contributed by atoms with E-state index < -0.39 is 21.7 Å². The van der Waals surface area contributed by atoms with Crippen LogP contribution in [0.5, 0.6) is 5.75 Å². The number of aromatic carboxylic acids is 1. The minimum absolute atomic E-state index is 0.0137. The van der Waals surface area contributed by atoms with Crippen molar-refractivity contribution in [2.45, 2.75) is 9.79 Å². The highest BCUT2D eigenvalue weighted by atomic mass is 32.2. The van der Waals surface area contributed by atoms with Crippen LogP contribution >= 0.6 is 11.8 Å². The van der Waals surface area contributed by atoms with E-state index >= 15 is 0 Å². The number of anilines is 1. The van der Waals surface area contributed by atoms with E-state index in [1.165, 1.54) is 12.1 Å². The number of carboxylic acid groups (broad SMARTS) is 1. The predicted octanol–water partition coefficient (Wildman–Crippen LogP) is 3.29. The van der Waals surface area contributed by atoms with E-state index in [1.807, 2.05) is 0 Å². The molecule has 3 N–H and O–H groups in total. The zero-order chi connectivity index (χ0) is 19.3. The molecule has 0 unspecified atom stereocenters. The van der Waals surface area contributed by atoms with Gasteiger partial charge >= 0.3 is 5.97 Å². The highest BCUT2D eigenvalue weighted by molar-refractivity contribution is 8.14. The molecule has 0 amide bonds. The number of hydrogen-bond donors (Lipinski definition) is 3. The molecule has 0 aromatic heterocycles. The minimum Gasteiger partial charge on any atom is -0.507 e. The Labute approximate surface area is 157 Å². The largest absolute Gasteiger partial charge is 0.507 e. The number of carbonyl (C=O) groups is 2. The van der Waals surface area contributed by atoms with Crippen LogP contribution < -0.4 is 4.72 Å². The van der Waals surface area contributed by atoms with Gasteiger partial charge in [-0.3, -0.25) is 9.52 Å². The SMILES string of the molecule is O=C(O)c1ccc(NS(=O)(=O)c2ccc3c4c(cccc24)C(=O)S3)cc1O. The second-order valence-electron chi connectivity index (χ2n) is 5.82. The lowest BCUT2D eigenvalue weighted by atomic mass is 10.1. The maximum atomic E-state index is 12.9. The number of benzene rings is 3. The van der Waals surface area contributed by atoms with Crippen molar-refractivity contribution in [3.63, 3.8) is 0 Å². The van der Waals surface area contributed by atoms with Crippen LogP contribution in [0.15, 0.2) is 58.3 Å². The van der Waals surface area contributed by atoms with Gasteiger partial charge in [0.25, 0.3) is 10.0 Å². The molecule has 136 valence electrons. The van der Waals surface area contributed by atoms with Gasteiger partial charge in [0.15, 0.2) is 0 Å². The number of hydrogen-bond acceptors (Lipinski definition) is 6. The van der Waals surface area contributed by atoms with E-state index in [2.05, 4.69) is 4.72 Å². The van der Waals surface area contributed by atoms with Crippen LogP contribution in [0.1, 0.15) is 20.7 Å². The summed E-state index contributed by atoms with van der Waals surface area (Å²) >= 11 is 1.06. The van der Waals surface area contributed by atoms with E-state index in [-0.39, 0.29) is 21.3 Å². The van der Waals surface area contributed by atoms with Crippen molar-refractivity contribution < 1.29 is 28.2 Å². The van der Waals surface area contributed by atoms with Crippen LogP contribution in [0.4, 0.5) is 5.69 Å². The first-order valence-electron chi connectivity index (χ1n) is 7.65. The van der Waals surface area contributed by atoms with Crippen molar-refractivity contribution in [3.8, 4) is 5.75 Å². The molecule has 9 heteroatoms. The van der Waals surface area contributed by atoms with Crippen LogP contribution in [0.25, 0.3) is 10.8 Å². The molecule has 0 saturated carbocycles. The standard InChI is InChI=1S/C18H11NO6S2/c20-13-8-9(4-5-10(13)17(21)22)19-27(24,25)15-7-6-14-16-11(15)2-1-3-12(16)18(23)26-14/h1-8,19-20H,(H,21,22). The van der Waals surface area contributed by atoms with E-state index in [0.29, 0.717) is 21.2 Å². The molecule has 0 fully saturated rings. The summed E-state index contributed by atoms with van der Waals surface area (Å²) in [6.07, 6.45) is 0. The number of nitrogens with one attached hydrogen (secondary N) is 1. The second-order valence-corrected chi connectivity index (χ2v) is 8.49. The molecule has 1 aliphatic rings. The second kappa shape index (κ2) is 6.00. The fourth-order valence-electron chi connectivity index (χ4n) is 2.98. The van der Waals surface area contributed by atoms with Crippen LogP contribution in [0.3, 0.4) is 0 Å². The van der Waals surface area contributed by atoms with Gasteiger partial charge in [0.05, 0.1) is 10.6 Å². The zero-order valence-electron chi connectivity index (χ0n) is 13.5. The summed E-state index contributed by atoms with van der Waals surface area (Å²) in [5, 5.41) is 19.6. The number of phenols is 1. The van der Waals surface area contributed by atoms with Crippen LogP contribution in [-0.4, -0.2) is 29.7 Å². The summed E-state index contributed by atoms with van der Waals surface area (Å²) in [7, 11) is -4.04. The van der Waals surface area contributed by atoms with Crippen molar-refractivity contribution in [1.29, 1.82) is 0 Å². The summed E-state index contributed by atoms with van der Waals surface area (Å²) in [5.74, 6) is -1.87. The molecule has 27 heavy (non-hydrogen) atoms. The van der Waals surface area contributed by atoms with Crippen molar-refractivity contribution in [2.24, 2.45) is 0 Å². The van der Waals surface area contributed by atoms with Gasteiger partial charge < -0.3 is 10.2 Å². The number of rotatable bonds is 4. The highest BCUT2D eigenvalue weighted by Crippen LogP contribution is 2.42. The minimum atomic E-state index is -4.04. The smallest absolute Gasteiger partial charge is 0.339 e. The number of carboxylic acids is 1. The van der Waals surface area contributed by atoms with Crippen LogP contribution in [0.2, 0.25) is 0 Å². The number of thioether (sulfide) groups is 1. The van der Waals surface area contributed by atoms with E-state index in [4.69, 9.17) is 5.11 Å². The van der Waals surface area contributed by atoms with Crippen LogP contribution in [-0.2, 0) is 10.0 Å². The van der Waals surface area contributed by atoms with E-state index in [1.54, 1.807) is 24.3 Å². The Balaban J connectivity index is 1.80. The average molecular weight is 401 g/mol. The predicted molar refractivity (Wildman–Crippen MR) is 100 cm³/mol. The third kappa shape index (κ3) is 2.81. The molecule has 1 heterocycles. The number of aromatic hydroxyl groups is 1. The first-order valence-corrected chi connectivity index (χ1v) is 9.95. The van der Waals surface area contributed by atoms with Gasteiger partial charge in [0.1, 0.15) is 11.3 Å². The lowest BCUT2D eigenvalue weighted by molar-refractivity contribution is 0.0693. The molecule has 7 nitrogen and oxygen atoms in total. The van der Waals surface area contributed by atoms with E-state index in [9.17, 15) is 23.1 Å². The molecule has 0 radical (unpaired) electrons. The lowest BCUT2D eigenvalue weighted by Gasteiger charge is -2.12. The molecular weight excluding hydrogens is 390 g/mol. The molecule has 0 atom stereocenters. The van der Waals surface area contributed by atoms with Gasteiger partial charge in [0.2, 0.25) is 5.12 Å². The quantitative estimate of drug-likeness (QED) is 0.613. The summed E-state index contributed by atoms with van der Waals surface area (Å²) in [4.78, 5) is 23.7. The Morgan fingerprint density at radius 3 is 2.56 bits per heavy atom. The molecule has 4 rings (SSSR count). The molecule has 0 spiro atoms. The zero-order valence-corrected chi connectivity index (χ0v) is 15.1. The Bertz CT molecular complexity index is 1250. The maximum absolute atomic E-state index is 12.9. The molecule has 3 aromatic carbocycles. The summed E-state index contributed by atoms with van der Waals surface area (Å²) in [5.41, 5.74) is 0.151. The fourth-order valence-corrected chi connectivity index (χ4v) is 5.17. The summed E-state index contributed by atoms with van der Waals surface area (Å²) in [6, 6.07) is 11.3. The Hall–Kier alpha value is -3.04. The van der Waals surface area contributed by atoms with Gasteiger partial charge in [-0.15, -0.1) is 0 Å². The average Bonchev–Trinajstić information content (AvgIpc) is 2.92. The fraction of sp³-hybridized carbons (Fsp3) is 0. The Morgan fingerprint density at radius 2 is 1.85 bits per heavy atom. The van der Waals surface area contributed by atoms with Gasteiger partial charge in [-0.1, -0.05) is 12.1 Å². The molecule has 0 bridgehead atoms. The summed E-state index contributed by atoms with van der Waals surface area (Å²) < 4.78 is 28.1. The first kappa shape index (κ1) is 17.4. The highest BCUT2D eigenvalue weighted by Gasteiger charge is 2.27. The molecule has 3 aromatic rings. The van der Waals surface area contributed by atoms with E-state index in [0.717, 1.165) is 23.9 Å². The third-order valence-corrected chi connectivity index (χ3v) is 6.56. The molecular formula is C18H11NO6S2. The van der Waals surface area contributed by atoms with Gasteiger partial charge in [0, 0.05) is 27.3 Å². The lowest BCUT2D eigenvalue weighted by Crippen LogP contribution is -2.13. The normalized spacial score (nSPS) is 13.1. The third-order valence-electron chi connectivity index (χ3n) is 4.15. The Kier molecular flexibility index (Phi) is 3.86. The van der Waals surface area contributed by atoms with Gasteiger partial charge in [-0.2, -0.15) is 0 Å². The molecule has 1 aliphatic heterocycles. The van der Waals surface area contributed by atoms with Gasteiger partial charge in [-0.25, -0.2) is 13.2 Å². The van der Waals surface area contributed by atoms with Gasteiger partial charge in [-0.05, 0) is 42.1 Å². The topological polar surface area (TPSA) is 121 Å². The summed E-state index contributed by atoms with van der Waals surface area (Å²) in [6.45, 7) is 0. The maximum Gasteiger partial charge on any atom is 0.339 e. The molecule has 0 saturated heterocycles. The molecule has 0 aliphatic carbocycles.